The summed E-state index contributed by atoms with van der Waals surface area (Å²) in [5, 5.41) is 12.3. The summed E-state index contributed by atoms with van der Waals surface area (Å²) >= 11 is 0. The molecule has 176 valence electrons. The van der Waals surface area contributed by atoms with E-state index in [1.807, 2.05) is 6.92 Å². The molecule has 1 amide bonds. The molecule has 6 heteroatoms. The lowest BCUT2D eigenvalue weighted by Gasteiger charge is -2.39. The fourth-order valence-corrected chi connectivity index (χ4v) is 4.12. The van der Waals surface area contributed by atoms with Crippen LogP contribution in [0.25, 0.3) is 0 Å². The number of carbonyl (C=O) groups is 1. The molecule has 0 aliphatic carbocycles. The van der Waals surface area contributed by atoms with Gasteiger partial charge in [0.05, 0.1) is 42.7 Å². The van der Waals surface area contributed by atoms with Crippen LogP contribution in [-0.2, 0) is 19.0 Å². The number of aliphatic hydroxyl groups excluding tert-OH is 1. The standard InChI is InChI=1S/C25H41NO5/c1-17(7-10-21-16-25(5,29-6)13-14-30-21)8-11-23-18(2)15-22(20(4)31-23)26-24(28)12-9-19(3)27/h7-10,12,18-23,27H,11,13-16H2,1-6H3,(H,26,28)/b10-7+,12-9-,17-8+/t18?,19-,20+,21+,22?,23?,25?/m0/s1. The van der Waals surface area contributed by atoms with Crippen LogP contribution < -0.4 is 5.32 Å². The van der Waals surface area contributed by atoms with Crippen LogP contribution in [0.5, 0.6) is 0 Å². The second-order valence-corrected chi connectivity index (χ2v) is 9.37. The molecule has 0 radical (unpaired) electrons. The quantitative estimate of drug-likeness (QED) is 0.449. The summed E-state index contributed by atoms with van der Waals surface area (Å²) in [6.45, 7) is 10.8. The van der Waals surface area contributed by atoms with E-state index in [1.54, 1.807) is 14.0 Å². The van der Waals surface area contributed by atoms with Crippen molar-refractivity contribution in [1.29, 1.82) is 0 Å². The highest BCUT2D eigenvalue weighted by Crippen LogP contribution is 2.29. The van der Waals surface area contributed by atoms with Gasteiger partial charge < -0.3 is 24.6 Å². The smallest absolute Gasteiger partial charge is 0.244 e. The van der Waals surface area contributed by atoms with Crippen LogP contribution in [0.15, 0.2) is 36.0 Å². The number of ether oxygens (including phenoxy) is 3. The molecule has 2 saturated heterocycles. The van der Waals surface area contributed by atoms with Gasteiger partial charge in [0, 0.05) is 19.6 Å². The highest BCUT2D eigenvalue weighted by Gasteiger charge is 2.34. The average Bonchev–Trinajstić information content (AvgIpc) is 2.72. The number of hydrogen-bond acceptors (Lipinski definition) is 5. The van der Waals surface area contributed by atoms with Gasteiger partial charge in [0.1, 0.15) is 0 Å². The molecule has 7 atom stereocenters. The van der Waals surface area contributed by atoms with Crippen molar-refractivity contribution < 1.29 is 24.1 Å². The minimum Gasteiger partial charge on any atom is -0.389 e. The fourth-order valence-electron chi connectivity index (χ4n) is 4.12. The van der Waals surface area contributed by atoms with E-state index in [0.29, 0.717) is 5.92 Å². The first-order chi connectivity index (χ1) is 14.6. The minimum absolute atomic E-state index is 0.0269. The molecule has 2 N–H and O–H groups in total. The summed E-state index contributed by atoms with van der Waals surface area (Å²) in [6, 6.07) is -0.0269. The highest BCUT2D eigenvalue weighted by molar-refractivity contribution is 5.87. The SMILES string of the molecule is COC1(C)CCO[C@H](/C=C/C(C)=C/CC2O[C@H](C)C(NC(=O)/C=C\[C@H](C)O)CC2C)C1. The average molecular weight is 436 g/mol. The topological polar surface area (TPSA) is 77.0 Å². The Morgan fingerprint density at radius 3 is 2.77 bits per heavy atom. The molecule has 0 spiro atoms. The van der Waals surface area contributed by atoms with E-state index in [1.165, 1.54) is 17.7 Å². The molecule has 0 aromatic carbocycles. The zero-order valence-corrected chi connectivity index (χ0v) is 20.0. The summed E-state index contributed by atoms with van der Waals surface area (Å²) in [5.74, 6) is 0.141. The van der Waals surface area contributed by atoms with Crippen LogP contribution in [-0.4, -0.2) is 60.8 Å². The second-order valence-electron chi connectivity index (χ2n) is 9.37. The monoisotopic (exact) mass is 435 g/mol. The van der Waals surface area contributed by atoms with Crippen molar-refractivity contribution in [3.8, 4) is 0 Å². The Balaban J connectivity index is 1.84. The van der Waals surface area contributed by atoms with Gasteiger partial charge in [0.2, 0.25) is 5.91 Å². The summed E-state index contributed by atoms with van der Waals surface area (Å²) in [4.78, 5) is 12.0. The largest absolute Gasteiger partial charge is 0.389 e. The number of allylic oxidation sites excluding steroid dienone is 2. The van der Waals surface area contributed by atoms with E-state index in [9.17, 15) is 9.90 Å². The molecule has 0 bridgehead atoms. The molecule has 0 aromatic rings. The van der Waals surface area contributed by atoms with E-state index in [-0.39, 0.29) is 35.9 Å². The van der Waals surface area contributed by atoms with Crippen molar-refractivity contribution in [2.45, 2.75) is 96.4 Å². The Morgan fingerprint density at radius 1 is 1.35 bits per heavy atom. The maximum atomic E-state index is 12.0. The summed E-state index contributed by atoms with van der Waals surface area (Å²) < 4.78 is 17.7. The third-order valence-corrected chi connectivity index (χ3v) is 6.40. The van der Waals surface area contributed by atoms with Gasteiger partial charge in [0.25, 0.3) is 0 Å². The molecule has 2 aliphatic heterocycles. The number of methoxy groups -OCH3 is 1. The zero-order chi connectivity index (χ0) is 23.0. The molecule has 2 aliphatic rings. The lowest BCUT2D eigenvalue weighted by atomic mass is 9.88. The van der Waals surface area contributed by atoms with E-state index in [2.05, 4.69) is 44.3 Å². The van der Waals surface area contributed by atoms with Gasteiger partial charge in [-0.15, -0.1) is 0 Å². The molecular formula is C25H41NO5. The van der Waals surface area contributed by atoms with Crippen molar-refractivity contribution in [1.82, 2.24) is 5.32 Å². The molecule has 6 nitrogen and oxygen atoms in total. The Labute approximate surface area is 187 Å². The van der Waals surface area contributed by atoms with E-state index in [0.717, 1.165) is 32.3 Å². The Bertz CT molecular complexity index is 671. The number of nitrogens with one attached hydrogen (secondary N) is 1. The number of amides is 1. The third-order valence-electron chi connectivity index (χ3n) is 6.40. The van der Waals surface area contributed by atoms with Crippen LogP contribution in [0, 0.1) is 5.92 Å². The summed E-state index contributed by atoms with van der Waals surface area (Å²) in [5.41, 5.74) is 1.08. The predicted octanol–water partition coefficient (Wildman–Crippen LogP) is 3.70. The first-order valence-electron chi connectivity index (χ1n) is 11.5. The highest BCUT2D eigenvalue weighted by atomic mass is 16.5. The first-order valence-corrected chi connectivity index (χ1v) is 11.5. The number of rotatable bonds is 8. The van der Waals surface area contributed by atoms with Crippen molar-refractivity contribution in [3.63, 3.8) is 0 Å². The molecule has 31 heavy (non-hydrogen) atoms. The van der Waals surface area contributed by atoms with Crippen molar-refractivity contribution in [3.05, 3.63) is 36.0 Å². The molecule has 0 aromatic heterocycles. The molecule has 0 saturated carbocycles. The van der Waals surface area contributed by atoms with Gasteiger partial charge in [-0.3, -0.25) is 4.79 Å². The third kappa shape index (κ3) is 8.53. The van der Waals surface area contributed by atoms with Gasteiger partial charge in [-0.05, 0) is 52.9 Å². The molecule has 2 fully saturated rings. The molecule has 2 rings (SSSR count). The maximum Gasteiger partial charge on any atom is 0.244 e. The first kappa shape index (κ1) is 25.8. The van der Waals surface area contributed by atoms with Gasteiger partial charge >= 0.3 is 0 Å². The zero-order valence-electron chi connectivity index (χ0n) is 20.0. The molecular weight excluding hydrogens is 394 g/mol. The number of hydrogen-bond donors (Lipinski definition) is 2. The predicted molar refractivity (Wildman–Crippen MR) is 123 cm³/mol. The van der Waals surface area contributed by atoms with Gasteiger partial charge in [0.15, 0.2) is 0 Å². The van der Waals surface area contributed by atoms with Gasteiger partial charge in [-0.25, -0.2) is 0 Å². The summed E-state index contributed by atoms with van der Waals surface area (Å²) in [7, 11) is 1.77. The van der Waals surface area contributed by atoms with E-state index in [4.69, 9.17) is 14.2 Å². The van der Waals surface area contributed by atoms with Crippen molar-refractivity contribution in [2.24, 2.45) is 5.92 Å². The molecule has 2 heterocycles. The Hall–Kier alpha value is -1.47. The lowest BCUT2D eigenvalue weighted by molar-refractivity contribution is -0.123. The van der Waals surface area contributed by atoms with Crippen LogP contribution in [0.3, 0.4) is 0 Å². The normalized spacial score (nSPS) is 36.1. The van der Waals surface area contributed by atoms with Crippen LogP contribution in [0.2, 0.25) is 0 Å². The van der Waals surface area contributed by atoms with Crippen molar-refractivity contribution >= 4 is 5.91 Å². The maximum absolute atomic E-state index is 12.0. The molecule has 4 unspecified atom stereocenters. The van der Waals surface area contributed by atoms with Gasteiger partial charge in [-0.1, -0.05) is 36.8 Å². The number of aliphatic hydroxyl groups is 1. The van der Waals surface area contributed by atoms with Crippen LogP contribution >= 0.6 is 0 Å². The van der Waals surface area contributed by atoms with Crippen molar-refractivity contribution in [2.75, 3.05) is 13.7 Å². The minimum atomic E-state index is -0.632. The summed E-state index contributed by atoms with van der Waals surface area (Å²) in [6.07, 6.45) is 12.4. The fraction of sp³-hybridized carbons (Fsp3) is 0.720. The van der Waals surface area contributed by atoms with Crippen LogP contribution in [0.4, 0.5) is 0 Å². The van der Waals surface area contributed by atoms with Gasteiger partial charge in [-0.2, -0.15) is 0 Å². The number of carbonyl (C=O) groups excluding carboxylic acids is 1. The lowest BCUT2D eigenvalue weighted by Crippen LogP contribution is -2.50. The second kappa shape index (κ2) is 12.0. The van der Waals surface area contributed by atoms with E-state index >= 15 is 0 Å². The Morgan fingerprint density at radius 2 is 2.10 bits per heavy atom. The Kier molecular flexibility index (Phi) is 9.94. The van der Waals surface area contributed by atoms with E-state index < -0.39 is 6.10 Å². The van der Waals surface area contributed by atoms with Crippen LogP contribution in [0.1, 0.15) is 60.3 Å².